The molecule has 0 aromatic rings. The highest BCUT2D eigenvalue weighted by Gasteiger charge is 2.32. The van der Waals surface area contributed by atoms with Crippen molar-refractivity contribution in [1.29, 1.82) is 0 Å². The van der Waals surface area contributed by atoms with Gasteiger partial charge in [-0.25, -0.2) is 0 Å². The molecule has 0 amide bonds. The first-order chi connectivity index (χ1) is 7.18. The SMILES string of the molecule is O=S1CCN(CC2(O)CCCCC2)CC1. The highest BCUT2D eigenvalue weighted by molar-refractivity contribution is 7.85. The Bertz CT molecular complexity index is 229. The van der Waals surface area contributed by atoms with Crippen LogP contribution in [0.4, 0.5) is 0 Å². The predicted molar refractivity (Wildman–Crippen MR) is 62.4 cm³/mol. The number of aliphatic hydroxyl groups is 1. The summed E-state index contributed by atoms with van der Waals surface area (Å²) in [5.41, 5.74) is -0.447. The lowest BCUT2D eigenvalue weighted by atomic mass is 9.84. The molecule has 2 aliphatic rings. The van der Waals surface area contributed by atoms with E-state index in [1.54, 1.807) is 0 Å². The van der Waals surface area contributed by atoms with Crippen molar-refractivity contribution in [2.45, 2.75) is 37.7 Å². The van der Waals surface area contributed by atoms with Crippen molar-refractivity contribution in [3.8, 4) is 0 Å². The lowest BCUT2D eigenvalue weighted by Gasteiger charge is -2.38. The summed E-state index contributed by atoms with van der Waals surface area (Å²) in [4.78, 5) is 2.28. The van der Waals surface area contributed by atoms with Crippen LogP contribution >= 0.6 is 0 Å². The van der Waals surface area contributed by atoms with Crippen LogP contribution in [0, 0.1) is 0 Å². The molecule has 0 atom stereocenters. The zero-order chi connectivity index (χ0) is 10.7. The summed E-state index contributed by atoms with van der Waals surface area (Å²) in [5.74, 6) is 1.58. The molecule has 2 fully saturated rings. The molecule has 1 aliphatic heterocycles. The predicted octanol–water partition coefficient (Wildman–Crippen LogP) is 0.746. The van der Waals surface area contributed by atoms with Gasteiger partial charge in [-0.1, -0.05) is 19.3 Å². The van der Waals surface area contributed by atoms with Crippen LogP contribution < -0.4 is 0 Å². The maximum absolute atomic E-state index is 11.2. The molecule has 1 saturated carbocycles. The van der Waals surface area contributed by atoms with E-state index in [2.05, 4.69) is 4.90 Å². The van der Waals surface area contributed by atoms with E-state index in [0.29, 0.717) is 0 Å². The van der Waals surface area contributed by atoms with Gasteiger partial charge in [-0.15, -0.1) is 0 Å². The Morgan fingerprint density at radius 1 is 1.13 bits per heavy atom. The highest BCUT2D eigenvalue weighted by atomic mass is 32.2. The van der Waals surface area contributed by atoms with Crippen LogP contribution in [0.15, 0.2) is 0 Å². The molecular formula is C11H21NO2S. The van der Waals surface area contributed by atoms with Gasteiger partial charge in [-0.05, 0) is 12.8 Å². The molecule has 1 N–H and O–H groups in total. The van der Waals surface area contributed by atoms with E-state index in [4.69, 9.17) is 0 Å². The average molecular weight is 231 g/mol. The maximum Gasteiger partial charge on any atom is 0.0774 e. The van der Waals surface area contributed by atoms with E-state index in [0.717, 1.165) is 56.8 Å². The molecule has 0 bridgehead atoms. The van der Waals surface area contributed by atoms with Crippen LogP contribution in [0.25, 0.3) is 0 Å². The van der Waals surface area contributed by atoms with E-state index < -0.39 is 16.4 Å². The number of rotatable bonds is 2. The quantitative estimate of drug-likeness (QED) is 0.762. The first-order valence-electron chi connectivity index (χ1n) is 5.98. The summed E-state index contributed by atoms with van der Waals surface area (Å²) in [6, 6.07) is 0. The number of hydrogen-bond donors (Lipinski definition) is 1. The van der Waals surface area contributed by atoms with Crippen molar-refractivity contribution in [3.05, 3.63) is 0 Å². The Morgan fingerprint density at radius 2 is 1.73 bits per heavy atom. The molecule has 0 aromatic heterocycles. The molecule has 1 saturated heterocycles. The van der Waals surface area contributed by atoms with E-state index in [-0.39, 0.29) is 0 Å². The van der Waals surface area contributed by atoms with Crippen LogP contribution in [-0.4, -0.2) is 51.0 Å². The fourth-order valence-corrected chi connectivity index (χ4v) is 3.75. The Hall–Kier alpha value is 0.0700. The summed E-state index contributed by atoms with van der Waals surface area (Å²) in [6.45, 7) is 2.59. The average Bonchev–Trinajstić information content (AvgIpc) is 2.22. The number of β-amino-alcohol motifs (C(OH)–C–C–N with tert-alkyl or cyclic N) is 1. The van der Waals surface area contributed by atoms with Gasteiger partial charge >= 0.3 is 0 Å². The Labute approximate surface area is 94.3 Å². The fraction of sp³-hybridized carbons (Fsp3) is 1.00. The van der Waals surface area contributed by atoms with Gasteiger partial charge in [0.05, 0.1) is 5.60 Å². The third kappa shape index (κ3) is 3.26. The van der Waals surface area contributed by atoms with Gasteiger partial charge in [0.25, 0.3) is 0 Å². The minimum Gasteiger partial charge on any atom is -0.389 e. The zero-order valence-corrected chi connectivity index (χ0v) is 10.1. The molecule has 88 valence electrons. The molecule has 1 heterocycles. The smallest absolute Gasteiger partial charge is 0.0774 e. The van der Waals surface area contributed by atoms with E-state index in [9.17, 15) is 9.32 Å². The van der Waals surface area contributed by atoms with Crippen LogP contribution in [0.3, 0.4) is 0 Å². The summed E-state index contributed by atoms with van der Waals surface area (Å²) >= 11 is 0. The molecule has 3 nitrogen and oxygen atoms in total. The van der Waals surface area contributed by atoms with Crippen molar-refractivity contribution in [2.24, 2.45) is 0 Å². The van der Waals surface area contributed by atoms with Crippen molar-refractivity contribution >= 4 is 10.8 Å². The second-order valence-corrected chi connectivity index (χ2v) is 6.61. The van der Waals surface area contributed by atoms with Gasteiger partial charge in [0.1, 0.15) is 0 Å². The summed E-state index contributed by atoms with van der Waals surface area (Å²) < 4.78 is 11.2. The summed E-state index contributed by atoms with van der Waals surface area (Å²) in [7, 11) is -0.604. The lowest BCUT2D eigenvalue weighted by Crippen LogP contribution is -2.48. The fourth-order valence-electron chi connectivity index (χ4n) is 2.62. The van der Waals surface area contributed by atoms with Gasteiger partial charge in [0.15, 0.2) is 0 Å². The van der Waals surface area contributed by atoms with Crippen molar-refractivity contribution in [2.75, 3.05) is 31.1 Å². The normalized spacial score (nSPS) is 29.1. The monoisotopic (exact) mass is 231 g/mol. The Kier molecular flexibility index (Phi) is 3.80. The lowest BCUT2D eigenvalue weighted by molar-refractivity contribution is -0.0243. The number of nitrogens with zero attached hydrogens (tertiary/aromatic N) is 1. The van der Waals surface area contributed by atoms with E-state index in [1.807, 2.05) is 0 Å². The Balaban J connectivity index is 1.82. The topological polar surface area (TPSA) is 40.5 Å². The zero-order valence-electron chi connectivity index (χ0n) is 9.28. The molecule has 1 aliphatic carbocycles. The van der Waals surface area contributed by atoms with Gasteiger partial charge < -0.3 is 5.11 Å². The van der Waals surface area contributed by atoms with E-state index in [1.165, 1.54) is 6.42 Å². The molecule has 15 heavy (non-hydrogen) atoms. The van der Waals surface area contributed by atoms with Gasteiger partial charge in [0, 0.05) is 41.9 Å². The van der Waals surface area contributed by atoms with Crippen LogP contribution in [0.5, 0.6) is 0 Å². The number of hydrogen-bond acceptors (Lipinski definition) is 3. The highest BCUT2D eigenvalue weighted by Crippen LogP contribution is 2.28. The molecule has 4 heteroatoms. The molecule has 2 rings (SSSR count). The second kappa shape index (κ2) is 4.93. The maximum atomic E-state index is 11.2. The van der Waals surface area contributed by atoms with Crippen LogP contribution in [0.2, 0.25) is 0 Å². The first kappa shape index (κ1) is 11.6. The van der Waals surface area contributed by atoms with Crippen molar-refractivity contribution in [1.82, 2.24) is 4.90 Å². The van der Waals surface area contributed by atoms with Gasteiger partial charge in [-0.2, -0.15) is 0 Å². The minimum atomic E-state index is -0.604. The van der Waals surface area contributed by atoms with Crippen molar-refractivity contribution in [3.63, 3.8) is 0 Å². The summed E-state index contributed by atoms with van der Waals surface area (Å²) in [5, 5.41) is 10.4. The molecule has 0 unspecified atom stereocenters. The van der Waals surface area contributed by atoms with Crippen LogP contribution in [-0.2, 0) is 10.8 Å². The van der Waals surface area contributed by atoms with Crippen molar-refractivity contribution < 1.29 is 9.32 Å². The Morgan fingerprint density at radius 3 is 2.33 bits per heavy atom. The molecular weight excluding hydrogens is 210 g/mol. The molecule has 0 radical (unpaired) electrons. The molecule has 0 aromatic carbocycles. The van der Waals surface area contributed by atoms with E-state index >= 15 is 0 Å². The van der Waals surface area contributed by atoms with Crippen LogP contribution in [0.1, 0.15) is 32.1 Å². The van der Waals surface area contributed by atoms with Gasteiger partial charge in [-0.3, -0.25) is 9.11 Å². The first-order valence-corrected chi connectivity index (χ1v) is 7.47. The third-order valence-corrected chi connectivity index (χ3v) is 4.85. The largest absolute Gasteiger partial charge is 0.389 e. The molecule has 0 spiro atoms. The summed E-state index contributed by atoms with van der Waals surface area (Å²) in [6.07, 6.45) is 5.50. The minimum absolute atomic E-state index is 0.447. The third-order valence-electron chi connectivity index (χ3n) is 3.57. The second-order valence-electron chi connectivity index (χ2n) is 4.91. The van der Waals surface area contributed by atoms with Gasteiger partial charge in [0.2, 0.25) is 0 Å². The standard InChI is InChI=1S/C11H21NO2S/c13-11(4-2-1-3-5-11)10-12-6-8-15(14)9-7-12/h13H,1-10H2.